The number of carbonyl (C=O) groups excluding carboxylic acids is 2. The normalized spacial score (nSPS) is 19.1. The lowest BCUT2D eigenvalue weighted by atomic mass is 10.1. The van der Waals surface area contributed by atoms with Crippen molar-refractivity contribution in [3.05, 3.63) is 29.8 Å². The summed E-state index contributed by atoms with van der Waals surface area (Å²) in [4.78, 5) is 31.2. The molecule has 1 aromatic rings. The van der Waals surface area contributed by atoms with Gasteiger partial charge in [-0.05, 0) is 37.3 Å². The van der Waals surface area contributed by atoms with E-state index in [9.17, 15) is 9.59 Å². The van der Waals surface area contributed by atoms with Crippen molar-refractivity contribution in [3.8, 4) is 0 Å². The van der Waals surface area contributed by atoms with E-state index >= 15 is 0 Å². The first kappa shape index (κ1) is 19.8. The van der Waals surface area contributed by atoms with Gasteiger partial charge in [-0.3, -0.25) is 19.4 Å². The highest BCUT2D eigenvalue weighted by molar-refractivity contribution is 5.93. The maximum atomic E-state index is 12.4. The van der Waals surface area contributed by atoms with Crippen molar-refractivity contribution in [1.29, 1.82) is 0 Å². The molecule has 6 heteroatoms. The number of aryl methyl sites for hydroxylation is 1. The first-order valence-electron chi connectivity index (χ1n) is 10.3. The zero-order chi connectivity index (χ0) is 19.1. The summed E-state index contributed by atoms with van der Waals surface area (Å²) in [6.07, 6.45) is 4.42. The van der Waals surface area contributed by atoms with E-state index in [1.165, 1.54) is 6.42 Å². The maximum absolute atomic E-state index is 12.4. The Morgan fingerprint density at radius 1 is 0.889 bits per heavy atom. The number of benzene rings is 1. The lowest BCUT2D eigenvalue weighted by molar-refractivity contribution is -0.134. The summed E-state index contributed by atoms with van der Waals surface area (Å²) in [6.45, 7) is 8.20. The maximum Gasteiger partial charge on any atom is 0.238 e. The molecule has 0 aliphatic carbocycles. The molecule has 27 heavy (non-hydrogen) atoms. The predicted octanol–water partition coefficient (Wildman–Crippen LogP) is 1.82. The second-order valence-electron chi connectivity index (χ2n) is 7.55. The lowest BCUT2D eigenvalue weighted by Crippen LogP contribution is -2.51. The largest absolute Gasteiger partial charge is 0.342 e. The van der Waals surface area contributed by atoms with Gasteiger partial charge in [-0.25, -0.2) is 0 Å². The Kier molecular flexibility index (Phi) is 7.24. The molecule has 1 aromatic carbocycles. The van der Waals surface area contributed by atoms with E-state index in [1.807, 2.05) is 29.2 Å². The molecule has 2 fully saturated rings. The van der Waals surface area contributed by atoms with Crippen molar-refractivity contribution >= 4 is 17.5 Å². The Hall–Kier alpha value is -1.92. The van der Waals surface area contributed by atoms with Gasteiger partial charge in [0.15, 0.2) is 0 Å². The minimum atomic E-state index is 0.0359. The predicted molar refractivity (Wildman–Crippen MR) is 108 cm³/mol. The Bertz CT molecular complexity index is 635. The van der Waals surface area contributed by atoms with Crippen molar-refractivity contribution < 1.29 is 9.59 Å². The first-order valence-corrected chi connectivity index (χ1v) is 10.3. The zero-order valence-electron chi connectivity index (χ0n) is 16.5. The molecule has 0 spiro atoms. The molecule has 0 saturated carbocycles. The number of nitrogens with one attached hydrogen (secondary N) is 1. The molecular weight excluding hydrogens is 340 g/mol. The molecule has 2 amide bonds. The van der Waals surface area contributed by atoms with Gasteiger partial charge in [-0.2, -0.15) is 0 Å². The van der Waals surface area contributed by atoms with E-state index in [0.717, 1.165) is 69.8 Å². The van der Waals surface area contributed by atoms with Gasteiger partial charge in [0.2, 0.25) is 11.8 Å². The number of para-hydroxylation sites is 1. The van der Waals surface area contributed by atoms with Crippen LogP contribution in [0.25, 0.3) is 0 Å². The minimum Gasteiger partial charge on any atom is -0.342 e. The third-order valence-corrected chi connectivity index (χ3v) is 5.57. The fraction of sp³-hybridized carbons (Fsp3) is 0.619. The number of piperazine rings is 1. The number of likely N-dealkylation sites (tertiary alicyclic amines) is 1. The number of anilines is 1. The van der Waals surface area contributed by atoms with Gasteiger partial charge in [-0.15, -0.1) is 0 Å². The van der Waals surface area contributed by atoms with Crippen LogP contribution in [0.5, 0.6) is 0 Å². The minimum absolute atomic E-state index is 0.0359. The lowest BCUT2D eigenvalue weighted by Gasteiger charge is -2.35. The van der Waals surface area contributed by atoms with Crippen LogP contribution in [-0.2, 0) is 16.0 Å². The molecule has 2 aliphatic rings. The van der Waals surface area contributed by atoms with Gasteiger partial charge >= 0.3 is 0 Å². The van der Waals surface area contributed by atoms with Crippen LogP contribution in [0.15, 0.2) is 24.3 Å². The molecule has 148 valence electrons. The van der Waals surface area contributed by atoms with Gasteiger partial charge < -0.3 is 10.2 Å². The number of rotatable bonds is 6. The second kappa shape index (κ2) is 9.85. The van der Waals surface area contributed by atoms with E-state index < -0.39 is 0 Å². The Labute approximate surface area is 162 Å². The standard InChI is InChI=1S/C21H32N4O2/c1-2-18-8-4-5-9-19(18)22-20(26)16-23-12-14-24(15-13-23)17-21(27)25-10-6-3-7-11-25/h4-5,8-9H,2-3,6-7,10-17H2,1H3,(H,22,26). The van der Waals surface area contributed by atoms with Gasteiger partial charge in [0.05, 0.1) is 13.1 Å². The number of hydrogen-bond donors (Lipinski definition) is 1. The third kappa shape index (κ3) is 5.78. The highest BCUT2D eigenvalue weighted by atomic mass is 16.2. The molecule has 6 nitrogen and oxygen atoms in total. The third-order valence-electron chi connectivity index (χ3n) is 5.57. The Morgan fingerprint density at radius 2 is 1.52 bits per heavy atom. The molecule has 3 rings (SSSR count). The fourth-order valence-corrected chi connectivity index (χ4v) is 3.88. The van der Waals surface area contributed by atoms with Crippen LogP contribution in [0.4, 0.5) is 5.69 Å². The average Bonchev–Trinajstić information content (AvgIpc) is 2.70. The Balaban J connectivity index is 1.40. The van der Waals surface area contributed by atoms with Crippen molar-refractivity contribution in [2.24, 2.45) is 0 Å². The molecular formula is C21H32N4O2. The quantitative estimate of drug-likeness (QED) is 0.828. The summed E-state index contributed by atoms with van der Waals surface area (Å²) < 4.78 is 0. The van der Waals surface area contributed by atoms with Crippen molar-refractivity contribution in [2.45, 2.75) is 32.6 Å². The van der Waals surface area contributed by atoms with Crippen LogP contribution in [0.1, 0.15) is 31.7 Å². The number of carbonyl (C=O) groups is 2. The summed E-state index contributed by atoms with van der Waals surface area (Å²) in [5, 5.41) is 3.04. The molecule has 2 saturated heterocycles. The van der Waals surface area contributed by atoms with Crippen molar-refractivity contribution in [2.75, 3.05) is 57.7 Å². The number of amides is 2. The second-order valence-corrected chi connectivity index (χ2v) is 7.55. The van der Waals surface area contributed by atoms with Crippen LogP contribution in [0, 0.1) is 0 Å². The van der Waals surface area contributed by atoms with E-state index in [2.05, 4.69) is 22.0 Å². The van der Waals surface area contributed by atoms with E-state index in [0.29, 0.717) is 13.1 Å². The summed E-state index contributed by atoms with van der Waals surface area (Å²) in [5.74, 6) is 0.297. The number of nitrogens with zero attached hydrogens (tertiary/aromatic N) is 3. The topological polar surface area (TPSA) is 55.9 Å². The van der Waals surface area contributed by atoms with Crippen LogP contribution in [0.3, 0.4) is 0 Å². The molecule has 2 aliphatic heterocycles. The molecule has 0 unspecified atom stereocenters. The van der Waals surface area contributed by atoms with Crippen LogP contribution in [0.2, 0.25) is 0 Å². The van der Waals surface area contributed by atoms with E-state index in [4.69, 9.17) is 0 Å². The highest BCUT2D eigenvalue weighted by Gasteiger charge is 2.23. The molecule has 1 N–H and O–H groups in total. The number of piperidine rings is 1. The zero-order valence-corrected chi connectivity index (χ0v) is 16.5. The van der Waals surface area contributed by atoms with Gasteiger partial charge in [0, 0.05) is 45.0 Å². The molecule has 0 aromatic heterocycles. The van der Waals surface area contributed by atoms with Crippen LogP contribution < -0.4 is 5.32 Å². The van der Waals surface area contributed by atoms with Crippen molar-refractivity contribution in [3.63, 3.8) is 0 Å². The van der Waals surface area contributed by atoms with Crippen LogP contribution in [-0.4, -0.2) is 78.9 Å². The summed E-state index contributed by atoms with van der Waals surface area (Å²) in [5.41, 5.74) is 2.07. The van der Waals surface area contributed by atoms with Gasteiger partial charge in [0.1, 0.15) is 0 Å². The molecule has 0 atom stereocenters. The summed E-state index contributed by atoms with van der Waals surface area (Å²) >= 11 is 0. The monoisotopic (exact) mass is 372 g/mol. The average molecular weight is 373 g/mol. The molecule has 0 radical (unpaired) electrons. The van der Waals surface area contributed by atoms with E-state index in [-0.39, 0.29) is 11.8 Å². The molecule has 2 heterocycles. The van der Waals surface area contributed by atoms with Gasteiger partial charge in [-0.1, -0.05) is 25.1 Å². The first-order chi connectivity index (χ1) is 13.2. The van der Waals surface area contributed by atoms with E-state index in [1.54, 1.807) is 0 Å². The summed E-state index contributed by atoms with van der Waals surface area (Å²) in [7, 11) is 0. The van der Waals surface area contributed by atoms with Gasteiger partial charge in [0.25, 0.3) is 0 Å². The number of hydrogen-bond acceptors (Lipinski definition) is 4. The smallest absolute Gasteiger partial charge is 0.238 e. The fourth-order valence-electron chi connectivity index (χ4n) is 3.88. The highest BCUT2D eigenvalue weighted by Crippen LogP contribution is 2.15. The SMILES string of the molecule is CCc1ccccc1NC(=O)CN1CCN(CC(=O)N2CCCCC2)CC1. The summed E-state index contributed by atoms with van der Waals surface area (Å²) in [6, 6.07) is 7.96. The van der Waals surface area contributed by atoms with Crippen molar-refractivity contribution in [1.82, 2.24) is 14.7 Å². The van der Waals surface area contributed by atoms with Crippen LogP contribution >= 0.6 is 0 Å². The molecule has 0 bridgehead atoms. The Morgan fingerprint density at radius 3 is 2.19 bits per heavy atom.